The fraction of sp³-hybridized carbons (Fsp3) is 0.545. The van der Waals surface area contributed by atoms with E-state index in [1.807, 2.05) is 5.48 Å². The monoisotopic (exact) mass is 421 g/mol. The van der Waals surface area contributed by atoms with Crippen molar-refractivity contribution in [2.45, 2.75) is 72.5 Å². The average Bonchev–Trinajstić information content (AvgIpc) is 2.61. The van der Waals surface area contributed by atoms with Gasteiger partial charge in [0.05, 0.1) is 17.6 Å². The standard InChI is InChI=1S/C22H31NO7/c1-14(2)28-20(26)17-9-7-16(8-10-17)13-18(21(27)29-22(4,5)6)11-12-19(25)23-30-15(3)24/h7-10,14,18H,11-13H2,1-6H3,(H,23,25). The van der Waals surface area contributed by atoms with Gasteiger partial charge in [0.15, 0.2) is 0 Å². The van der Waals surface area contributed by atoms with E-state index in [1.54, 1.807) is 58.9 Å². The Labute approximate surface area is 177 Å². The molecule has 30 heavy (non-hydrogen) atoms. The molecule has 0 radical (unpaired) electrons. The predicted molar refractivity (Wildman–Crippen MR) is 109 cm³/mol. The Kier molecular flexibility index (Phi) is 9.49. The molecule has 166 valence electrons. The maximum atomic E-state index is 12.6. The molecule has 8 nitrogen and oxygen atoms in total. The minimum atomic E-state index is -0.667. The lowest BCUT2D eigenvalue weighted by atomic mass is 9.94. The summed E-state index contributed by atoms with van der Waals surface area (Å²) >= 11 is 0. The number of hydrogen-bond donors (Lipinski definition) is 1. The van der Waals surface area contributed by atoms with Gasteiger partial charge >= 0.3 is 17.9 Å². The molecule has 8 heteroatoms. The first kappa shape index (κ1) is 25.1. The summed E-state index contributed by atoms with van der Waals surface area (Å²) in [6, 6.07) is 6.76. The van der Waals surface area contributed by atoms with Crippen LogP contribution in [0.5, 0.6) is 0 Å². The molecule has 1 rings (SSSR count). The molecule has 1 N–H and O–H groups in total. The number of rotatable bonds is 8. The lowest BCUT2D eigenvalue weighted by Crippen LogP contribution is -2.31. The quantitative estimate of drug-likeness (QED) is 0.390. The molecule has 0 saturated carbocycles. The lowest BCUT2D eigenvalue weighted by Gasteiger charge is -2.24. The first-order chi connectivity index (χ1) is 13.9. The zero-order valence-corrected chi connectivity index (χ0v) is 18.4. The molecule has 1 amide bonds. The number of esters is 2. The van der Waals surface area contributed by atoms with Crippen molar-refractivity contribution in [2.75, 3.05) is 0 Å². The topological polar surface area (TPSA) is 108 Å². The molecule has 0 fully saturated rings. The van der Waals surface area contributed by atoms with Gasteiger partial charge in [-0.15, -0.1) is 0 Å². The van der Waals surface area contributed by atoms with Crippen molar-refractivity contribution in [3.8, 4) is 0 Å². The van der Waals surface area contributed by atoms with Crippen LogP contribution in [0.4, 0.5) is 0 Å². The Morgan fingerprint density at radius 3 is 2.13 bits per heavy atom. The maximum Gasteiger partial charge on any atom is 0.338 e. The van der Waals surface area contributed by atoms with Gasteiger partial charge in [0.25, 0.3) is 5.91 Å². The zero-order chi connectivity index (χ0) is 22.9. The second kappa shape index (κ2) is 11.3. The highest BCUT2D eigenvalue weighted by molar-refractivity contribution is 5.89. The molecular formula is C22H31NO7. The summed E-state index contributed by atoms with van der Waals surface area (Å²) in [4.78, 5) is 51.7. The third kappa shape index (κ3) is 10.0. The maximum absolute atomic E-state index is 12.6. The Morgan fingerprint density at radius 2 is 1.63 bits per heavy atom. The third-order valence-electron chi connectivity index (χ3n) is 3.78. The summed E-state index contributed by atoms with van der Waals surface area (Å²) in [5.41, 5.74) is 2.60. The van der Waals surface area contributed by atoms with Crippen LogP contribution in [0.15, 0.2) is 24.3 Å². The van der Waals surface area contributed by atoms with E-state index >= 15 is 0 Å². The van der Waals surface area contributed by atoms with Crippen LogP contribution in [0.1, 0.15) is 70.3 Å². The molecule has 1 atom stereocenters. The van der Waals surface area contributed by atoms with E-state index in [9.17, 15) is 19.2 Å². The molecule has 0 heterocycles. The number of ether oxygens (including phenoxy) is 2. The van der Waals surface area contributed by atoms with Crippen LogP contribution in [-0.2, 0) is 35.1 Å². The van der Waals surface area contributed by atoms with Crippen LogP contribution >= 0.6 is 0 Å². The Morgan fingerprint density at radius 1 is 1.03 bits per heavy atom. The summed E-state index contributed by atoms with van der Waals surface area (Å²) in [6.45, 7) is 10.0. The van der Waals surface area contributed by atoms with E-state index in [0.29, 0.717) is 12.0 Å². The van der Waals surface area contributed by atoms with Crippen LogP contribution in [0, 0.1) is 5.92 Å². The molecule has 0 aliphatic heterocycles. The molecule has 0 bridgehead atoms. The van der Waals surface area contributed by atoms with Crippen LogP contribution < -0.4 is 5.48 Å². The first-order valence-corrected chi connectivity index (χ1v) is 9.86. The predicted octanol–water partition coefficient (Wildman–Crippen LogP) is 3.13. The summed E-state index contributed by atoms with van der Waals surface area (Å²) in [7, 11) is 0. The van der Waals surface area contributed by atoms with E-state index < -0.39 is 35.3 Å². The van der Waals surface area contributed by atoms with Crippen molar-refractivity contribution >= 4 is 23.8 Å². The fourth-order valence-corrected chi connectivity index (χ4v) is 2.52. The molecule has 1 aromatic carbocycles. The van der Waals surface area contributed by atoms with Crippen molar-refractivity contribution in [1.82, 2.24) is 5.48 Å². The summed E-state index contributed by atoms with van der Waals surface area (Å²) in [5.74, 6) is -2.57. The number of nitrogens with one attached hydrogen (secondary N) is 1. The normalized spacial score (nSPS) is 12.1. The van der Waals surface area contributed by atoms with Crippen molar-refractivity contribution in [3.63, 3.8) is 0 Å². The average molecular weight is 421 g/mol. The molecule has 1 unspecified atom stereocenters. The first-order valence-electron chi connectivity index (χ1n) is 9.86. The number of carbonyl (C=O) groups excluding carboxylic acids is 4. The van der Waals surface area contributed by atoms with Crippen LogP contribution in [0.3, 0.4) is 0 Å². The van der Waals surface area contributed by atoms with Gasteiger partial charge in [-0.05, 0) is 65.2 Å². The number of hydrogen-bond acceptors (Lipinski definition) is 7. The Balaban J connectivity index is 2.83. The van der Waals surface area contributed by atoms with E-state index in [-0.39, 0.29) is 18.9 Å². The number of carbonyl (C=O) groups is 4. The number of benzene rings is 1. The van der Waals surface area contributed by atoms with Gasteiger partial charge in [-0.25, -0.2) is 4.79 Å². The molecule has 1 aromatic rings. The van der Waals surface area contributed by atoms with E-state index in [4.69, 9.17) is 9.47 Å². The van der Waals surface area contributed by atoms with Gasteiger partial charge < -0.3 is 14.3 Å². The molecule has 0 aliphatic carbocycles. The van der Waals surface area contributed by atoms with Crippen LogP contribution in [0.25, 0.3) is 0 Å². The van der Waals surface area contributed by atoms with Gasteiger partial charge in [-0.1, -0.05) is 12.1 Å². The smallest absolute Gasteiger partial charge is 0.338 e. The molecule has 0 saturated heterocycles. The van der Waals surface area contributed by atoms with E-state index in [1.165, 1.54) is 6.92 Å². The van der Waals surface area contributed by atoms with Crippen molar-refractivity contribution < 1.29 is 33.5 Å². The van der Waals surface area contributed by atoms with Crippen LogP contribution in [0.2, 0.25) is 0 Å². The summed E-state index contributed by atoms with van der Waals surface area (Å²) in [5, 5.41) is 0. The van der Waals surface area contributed by atoms with Gasteiger partial charge in [0, 0.05) is 13.3 Å². The van der Waals surface area contributed by atoms with E-state index in [2.05, 4.69) is 4.84 Å². The third-order valence-corrected chi connectivity index (χ3v) is 3.78. The highest BCUT2D eigenvalue weighted by atomic mass is 16.7. The highest BCUT2D eigenvalue weighted by Crippen LogP contribution is 2.20. The summed E-state index contributed by atoms with van der Waals surface area (Å²) in [6.07, 6.45) is 0.302. The minimum Gasteiger partial charge on any atom is -0.460 e. The van der Waals surface area contributed by atoms with Crippen molar-refractivity contribution in [2.24, 2.45) is 5.92 Å². The second-order valence-electron chi connectivity index (χ2n) is 8.24. The molecule has 0 aliphatic rings. The van der Waals surface area contributed by atoms with Gasteiger partial charge in [0.1, 0.15) is 5.60 Å². The minimum absolute atomic E-state index is 0.0179. The Bertz CT molecular complexity index is 748. The number of amides is 1. The SMILES string of the molecule is CC(=O)ONC(=O)CCC(Cc1ccc(C(=O)OC(C)C)cc1)C(=O)OC(C)(C)C. The van der Waals surface area contributed by atoms with Gasteiger partial charge in [-0.2, -0.15) is 5.48 Å². The van der Waals surface area contributed by atoms with Gasteiger partial charge in [-0.3, -0.25) is 14.4 Å². The molecule has 0 spiro atoms. The van der Waals surface area contributed by atoms with Gasteiger partial charge in [0.2, 0.25) is 0 Å². The zero-order valence-electron chi connectivity index (χ0n) is 18.4. The van der Waals surface area contributed by atoms with Crippen molar-refractivity contribution in [3.05, 3.63) is 35.4 Å². The number of hydroxylamine groups is 1. The Hall–Kier alpha value is -2.90. The summed E-state index contributed by atoms with van der Waals surface area (Å²) < 4.78 is 10.6. The lowest BCUT2D eigenvalue weighted by molar-refractivity contribution is -0.161. The molecular weight excluding hydrogens is 390 g/mol. The highest BCUT2D eigenvalue weighted by Gasteiger charge is 2.26. The van der Waals surface area contributed by atoms with Crippen LogP contribution in [-0.4, -0.2) is 35.5 Å². The molecule has 0 aromatic heterocycles. The van der Waals surface area contributed by atoms with Crippen molar-refractivity contribution in [1.29, 1.82) is 0 Å². The fourth-order valence-electron chi connectivity index (χ4n) is 2.52. The largest absolute Gasteiger partial charge is 0.460 e. The second-order valence-corrected chi connectivity index (χ2v) is 8.24. The van der Waals surface area contributed by atoms with E-state index in [0.717, 1.165) is 5.56 Å².